The third-order valence-corrected chi connectivity index (χ3v) is 4.96. The second-order valence-corrected chi connectivity index (χ2v) is 6.24. The molecular formula is C14H23N3O2S. The highest BCUT2D eigenvalue weighted by molar-refractivity contribution is 7.12. The molecule has 0 saturated carbocycles. The SMILES string of the molecule is CCC(CC)(C(=O)NC(C)c1ccc(C)s1)C(N)=NO. The Morgan fingerprint density at radius 2 is 2.10 bits per heavy atom. The molecule has 5 nitrogen and oxygen atoms in total. The van der Waals surface area contributed by atoms with E-state index in [1.165, 1.54) is 4.88 Å². The van der Waals surface area contributed by atoms with Crippen LogP contribution in [-0.2, 0) is 4.79 Å². The van der Waals surface area contributed by atoms with Crippen molar-refractivity contribution in [1.82, 2.24) is 5.32 Å². The van der Waals surface area contributed by atoms with Gasteiger partial charge in [-0.25, -0.2) is 0 Å². The van der Waals surface area contributed by atoms with E-state index in [9.17, 15) is 4.79 Å². The van der Waals surface area contributed by atoms with Crippen LogP contribution in [0.3, 0.4) is 0 Å². The minimum Gasteiger partial charge on any atom is -0.409 e. The standard InChI is InChI=1S/C14H23N3O2S/c1-5-14(6-2,12(15)17-19)13(18)16-10(4)11-8-7-9(3)20-11/h7-8,10,19H,5-6H2,1-4H3,(H2,15,17)(H,16,18). The van der Waals surface area contributed by atoms with Crippen LogP contribution in [0.15, 0.2) is 17.3 Å². The maximum atomic E-state index is 12.5. The third-order valence-electron chi connectivity index (χ3n) is 3.78. The summed E-state index contributed by atoms with van der Waals surface area (Å²) in [7, 11) is 0. The van der Waals surface area contributed by atoms with Gasteiger partial charge in [0.15, 0.2) is 5.84 Å². The number of rotatable bonds is 6. The molecule has 1 amide bonds. The van der Waals surface area contributed by atoms with Gasteiger partial charge in [-0.1, -0.05) is 19.0 Å². The average molecular weight is 297 g/mol. The van der Waals surface area contributed by atoms with Crippen LogP contribution in [0.1, 0.15) is 49.4 Å². The van der Waals surface area contributed by atoms with E-state index in [-0.39, 0.29) is 17.8 Å². The smallest absolute Gasteiger partial charge is 0.234 e. The van der Waals surface area contributed by atoms with Gasteiger partial charge in [0, 0.05) is 9.75 Å². The van der Waals surface area contributed by atoms with Gasteiger partial charge >= 0.3 is 0 Å². The van der Waals surface area contributed by atoms with Crippen molar-refractivity contribution in [3.05, 3.63) is 21.9 Å². The molecule has 0 saturated heterocycles. The summed E-state index contributed by atoms with van der Waals surface area (Å²) in [5, 5.41) is 14.9. The van der Waals surface area contributed by atoms with E-state index in [1.54, 1.807) is 11.3 Å². The highest BCUT2D eigenvalue weighted by atomic mass is 32.1. The monoisotopic (exact) mass is 297 g/mol. The van der Waals surface area contributed by atoms with Crippen LogP contribution in [0.2, 0.25) is 0 Å². The zero-order chi connectivity index (χ0) is 15.3. The Morgan fingerprint density at radius 3 is 2.50 bits per heavy atom. The quantitative estimate of drug-likeness (QED) is 0.326. The average Bonchev–Trinajstić information content (AvgIpc) is 2.87. The van der Waals surface area contributed by atoms with Crippen LogP contribution < -0.4 is 11.1 Å². The van der Waals surface area contributed by atoms with Crippen molar-refractivity contribution in [2.24, 2.45) is 16.3 Å². The van der Waals surface area contributed by atoms with E-state index in [0.29, 0.717) is 12.8 Å². The minimum absolute atomic E-state index is 0.0328. The molecule has 0 aliphatic heterocycles. The molecule has 1 unspecified atom stereocenters. The zero-order valence-electron chi connectivity index (χ0n) is 12.4. The van der Waals surface area contributed by atoms with Crippen LogP contribution >= 0.6 is 11.3 Å². The predicted molar refractivity (Wildman–Crippen MR) is 82.0 cm³/mol. The summed E-state index contributed by atoms with van der Waals surface area (Å²) < 4.78 is 0. The maximum Gasteiger partial charge on any atom is 0.234 e. The lowest BCUT2D eigenvalue weighted by molar-refractivity contribution is -0.128. The number of hydrogen-bond acceptors (Lipinski definition) is 4. The Morgan fingerprint density at radius 1 is 1.50 bits per heavy atom. The lowest BCUT2D eigenvalue weighted by Gasteiger charge is -2.30. The van der Waals surface area contributed by atoms with Crippen molar-refractivity contribution < 1.29 is 10.0 Å². The summed E-state index contributed by atoms with van der Waals surface area (Å²) in [6.45, 7) is 7.69. The number of hydrogen-bond donors (Lipinski definition) is 3. The van der Waals surface area contributed by atoms with Gasteiger partial charge in [0.25, 0.3) is 0 Å². The molecule has 6 heteroatoms. The van der Waals surface area contributed by atoms with Gasteiger partial charge in [0.2, 0.25) is 5.91 Å². The van der Waals surface area contributed by atoms with Crippen molar-refractivity contribution in [3.63, 3.8) is 0 Å². The summed E-state index contributed by atoms with van der Waals surface area (Å²) in [5.41, 5.74) is 4.79. The van der Waals surface area contributed by atoms with E-state index in [1.807, 2.05) is 39.8 Å². The molecule has 0 radical (unpaired) electrons. The lowest BCUT2D eigenvalue weighted by atomic mass is 9.80. The molecule has 20 heavy (non-hydrogen) atoms. The number of carbonyl (C=O) groups is 1. The number of amidine groups is 1. The number of nitrogens with zero attached hydrogens (tertiary/aromatic N) is 1. The third kappa shape index (κ3) is 3.12. The summed E-state index contributed by atoms with van der Waals surface area (Å²) in [6, 6.07) is 3.94. The van der Waals surface area contributed by atoms with Gasteiger partial charge in [0.1, 0.15) is 5.41 Å². The molecule has 0 aromatic carbocycles. The number of carbonyl (C=O) groups excluding carboxylic acids is 1. The maximum absolute atomic E-state index is 12.5. The number of oxime groups is 1. The molecule has 0 bridgehead atoms. The van der Waals surface area contributed by atoms with Crippen LogP contribution in [-0.4, -0.2) is 17.0 Å². The fourth-order valence-electron chi connectivity index (χ4n) is 2.24. The highest BCUT2D eigenvalue weighted by Crippen LogP contribution is 2.29. The van der Waals surface area contributed by atoms with Crippen LogP contribution in [0.4, 0.5) is 0 Å². The molecule has 1 aromatic heterocycles. The van der Waals surface area contributed by atoms with Crippen molar-refractivity contribution in [3.8, 4) is 0 Å². The van der Waals surface area contributed by atoms with Gasteiger partial charge in [-0.05, 0) is 38.8 Å². The fourth-order valence-corrected chi connectivity index (χ4v) is 3.12. The van der Waals surface area contributed by atoms with Crippen molar-refractivity contribution in [1.29, 1.82) is 0 Å². The summed E-state index contributed by atoms with van der Waals surface area (Å²) in [4.78, 5) is 14.8. The highest BCUT2D eigenvalue weighted by Gasteiger charge is 2.40. The largest absolute Gasteiger partial charge is 0.409 e. The Hall–Kier alpha value is -1.56. The van der Waals surface area contributed by atoms with Crippen molar-refractivity contribution in [2.45, 2.75) is 46.6 Å². The fraction of sp³-hybridized carbons (Fsp3) is 0.571. The minimum atomic E-state index is -0.949. The topological polar surface area (TPSA) is 87.7 Å². The Kier molecular flexibility index (Phi) is 5.56. The summed E-state index contributed by atoms with van der Waals surface area (Å²) in [5.74, 6) is -0.231. The zero-order valence-corrected chi connectivity index (χ0v) is 13.3. The molecule has 4 N–H and O–H groups in total. The number of amides is 1. The predicted octanol–water partition coefficient (Wildman–Crippen LogP) is 2.79. The first-order valence-electron chi connectivity index (χ1n) is 6.76. The van der Waals surface area contributed by atoms with Crippen molar-refractivity contribution >= 4 is 23.1 Å². The van der Waals surface area contributed by atoms with Crippen LogP contribution in [0.25, 0.3) is 0 Å². The van der Waals surface area contributed by atoms with Crippen LogP contribution in [0, 0.1) is 12.3 Å². The molecule has 1 aromatic rings. The molecular weight excluding hydrogens is 274 g/mol. The van der Waals surface area contributed by atoms with Gasteiger partial charge in [-0.3, -0.25) is 4.79 Å². The van der Waals surface area contributed by atoms with E-state index in [4.69, 9.17) is 10.9 Å². The van der Waals surface area contributed by atoms with Crippen molar-refractivity contribution in [2.75, 3.05) is 0 Å². The Bertz CT molecular complexity index is 492. The van der Waals surface area contributed by atoms with Gasteiger partial charge in [-0.15, -0.1) is 11.3 Å². The lowest BCUT2D eigenvalue weighted by Crippen LogP contribution is -2.49. The van der Waals surface area contributed by atoms with E-state index in [0.717, 1.165) is 4.88 Å². The second kappa shape index (κ2) is 6.74. The van der Waals surface area contributed by atoms with E-state index >= 15 is 0 Å². The van der Waals surface area contributed by atoms with Gasteiger partial charge in [0.05, 0.1) is 6.04 Å². The van der Waals surface area contributed by atoms with Gasteiger partial charge in [-0.2, -0.15) is 0 Å². The first-order chi connectivity index (χ1) is 9.41. The molecule has 1 rings (SSSR count). The molecule has 0 spiro atoms. The molecule has 112 valence electrons. The number of nitrogens with two attached hydrogens (primary N) is 1. The van der Waals surface area contributed by atoms with E-state index in [2.05, 4.69) is 10.5 Å². The number of aryl methyl sites for hydroxylation is 1. The Labute approximate surface area is 123 Å². The Balaban J connectivity index is 2.92. The number of nitrogens with one attached hydrogen (secondary N) is 1. The van der Waals surface area contributed by atoms with Crippen LogP contribution in [0.5, 0.6) is 0 Å². The molecule has 0 aliphatic rings. The summed E-state index contributed by atoms with van der Waals surface area (Å²) >= 11 is 1.65. The summed E-state index contributed by atoms with van der Waals surface area (Å²) in [6.07, 6.45) is 0.975. The normalized spacial score (nSPS) is 14.1. The van der Waals surface area contributed by atoms with E-state index < -0.39 is 5.41 Å². The molecule has 1 atom stereocenters. The first-order valence-corrected chi connectivity index (χ1v) is 7.58. The number of thiophene rings is 1. The first kappa shape index (κ1) is 16.5. The molecule has 1 heterocycles. The second-order valence-electron chi connectivity index (χ2n) is 4.92. The molecule has 0 fully saturated rings. The molecule has 0 aliphatic carbocycles. The van der Waals surface area contributed by atoms with Gasteiger partial charge < -0.3 is 16.3 Å².